The molecule has 0 saturated heterocycles. The van der Waals surface area contributed by atoms with Crippen LogP contribution in [-0.4, -0.2) is 0 Å². The highest BCUT2D eigenvalue weighted by molar-refractivity contribution is 5.24. The van der Waals surface area contributed by atoms with Crippen LogP contribution in [0.25, 0.3) is 0 Å². The van der Waals surface area contributed by atoms with Gasteiger partial charge in [0.1, 0.15) is 0 Å². The van der Waals surface area contributed by atoms with Gasteiger partial charge in [0.25, 0.3) is 0 Å². The number of hydrogen-bond donors (Lipinski definition) is 0. The van der Waals surface area contributed by atoms with Crippen LogP contribution in [-0.2, 0) is 0 Å². The van der Waals surface area contributed by atoms with Crippen molar-refractivity contribution in [2.45, 2.75) is 79.6 Å². The normalized spacial score (nSPS) is 47.1. The van der Waals surface area contributed by atoms with E-state index in [1.807, 2.05) is 5.57 Å². The van der Waals surface area contributed by atoms with Crippen LogP contribution in [0.1, 0.15) is 79.6 Å². The molecule has 4 unspecified atom stereocenters. The molecule has 0 heterocycles. The van der Waals surface area contributed by atoms with Gasteiger partial charge < -0.3 is 0 Å². The molecule has 0 nitrogen and oxygen atoms in total. The quantitative estimate of drug-likeness (QED) is 0.498. The summed E-state index contributed by atoms with van der Waals surface area (Å²) in [5, 5.41) is 0. The van der Waals surface area contributed by atoms with Gasteiger partial charge in [-0.25, -0.2) is 0 Å². The van der Waals surface area contributed by atoms with Crippen molar-refractivity contribution in [1.82, 2.24) is 0 Å². The second-order valence-electron chi connectivity index (χ2n) is 9.04. The standard InChI is InChI=1S/C20H34/c1-6-17-16-8-7-15-13-14(2)9-12-20(15,5)18(16)10-11-19(17,3)4/h7,14,16-18H,6,8-13H2,1-5H3/t14-,16?,17?,18?,20?/m0/s1. The highest BCUT2D eigenvalue weighted by atomic mass is 14.6. The van der Waals surface area contributed by atoms with E-state index in [2.05, 4.69) is 40.7 Å². The van der Waals surface area contributed by atoms with Crippen molar-refractivity contribution in [3.8, 4) is 0 Å². The topological polar surface area (TPSA) is 0 Å². The lowest BCUT2D eigenvalue weighted by Crippen LogP contribution is -2.49. The van der Waals surface area contributed by atoms with Crippen molar-refractivity contribution in [2.24, 2.45) is 34.5 Å². The van der Waals surface area contributed by atoms with E-state index < -0.39 is 0 Å². The van der Waals surface area contributed by atoms with E-state index in [1.165, 1.54) is 44.9 Å². The van der Waals surface area contributed by atoms with Crippen LogP contribution in [0.15, 0.2) is 11.6 Å². The van der Waals surface area contributed by atoms with Crippen molar-refractivity contribution in [2.75, 3.05) is 0 Å². The summed E-state index contributed by atoms with van der Waals surface area (Å²) >= 11 is 0. The maximum atomic E-state index is 2.68. The first kappa shape index (κ1) is 14.7. The van der Waals surface area contributed by atoms with Crippen LogP contribution in [0, 0.1) is 34.5 Å². The van der Waals surface area contributed by atoms with Gasteiger partial charge in [-0.3, -0.25) is 0 Å². The number of hydrogen-bond acceptors (Lipinski definition) is 0. The third-order valence-corrected chi connectivity index (χ3v) is 7.49. The molecule has 20 heavy (non-hydrogen) atoms. The van der Waals surface area contributed by atoms with Gasteiger partial charge in [0.15, 0.2) is 0 Å². The van der Waals surface area contributed by atoms with E-state index in [-0.39, 0.29) is 0 Å². The third-order valence-electron chi connectivity index (χ3n) is 7.49. The number of fused-ring (bicyclic) bond motifs is 3. The summed E-state index contributed by atoms with van der Waals surface area (Å²) in [5.41, 5.74) is 2.96. The molecular weight excluding hydrogens is 240 g/mol. The van der Waals surface area contributed by atoms with Crippen LogP contribution in [0.2, 0.25) is 0 Å². The average Bonchev–Trinajstić information content (AvgIpc) is 2.38. The van der Waals surface area contributed by atoms with Crippen molar-refractivity contribution < 1.29 is 0 Å². The average molecular weight is 274 g/mol. The zero-order valence-electron chi connectivity index (χ0n) is 14.3. The molecule has 3 aliphatic carbocycles. The molecule has 0 spiro atoms. The van der Waals surface area contributed by atoms with Crippen molar-refractivity contribution in [3.05, 3.63) is 11.6 Å². The molecule has 0 aliphatic heterocycles. The van der Waals surface area contributed by atoms with Gasteiger partial charge in [0, 0.05) is 0 Å². The molecule has 0 amide bonds. The Morgan fingerprint density at radius 1 is 1.15 bits per heavy atom. The molecule has 0 radical (unpaired) electrons. The van der Waals surface area contributed by atoms with Crippen molar-refractivity contribution in [3.63, 3.8) is 0 Å². The first-order chi connectivity index (χ1) is 9.38. The van der Waals surface area contributed by atoms with E-state index in [0.717, 1.165) is 23.7 Å². The highest BCUT2D eigenvalue weighted by Crippen LogP contribution is 2.62. The summed E-state index contributed by atoms with van der Waals surface area (Å²) in [6.45, 7) is 12.6. The van der Waals surface area contributed by atoms with E-state index >= 15 is 0 Å². The van der Waals surface area contributed by atoms with Gasteiger partial charge in [0.2, 0.25) is 0 Å². The molecule has 3 rings (SSSR count). The molecule has 3 aliphatic rings. The molecule has 114 valence electrons. The smallest absolute Gasteiger partial charge is 0.00851 e. The fraction of sp³-hybridized carbons (Fsp3) is 0.900. The lowest BCUT2D eigenvalue weighted by Gasteiger charge is -2.58. The zero-order valence-corrected chi connectivity index (χ0v) is 14.3. The molecule has 0 N–H and O–H groups in total. The molecule has 0 aromatic rings. The Kier molecular flexibility index (Phi) is 3.58. The molecule has 0 bridgehead atoms. The van der Waals surface area contributed by atoms with E-state index in [9.17, 15) is 0 Å². The second-order valence-corrected chi connectivity index (χ2v) is 9.04. The van der Waals surface area contributed by atoms with Gasteiger partial charge in [-0.15, -0.1) is 0 Å². The summed E-state index contributed by atoms with van der Waals surface area (Å²) < 4.78 is 0. The Balaban J connectivity index is 1.93. The molecule has 5 atom stereocenters. The van der Waals surface area contributed by atoms with Crippen LogP contribution < -0.4 is 0 Å². The zero-order chi connectivity index (χ0) is 14.5. The molecule has 2 saturated carbocycles. The van der Waals surface area contributed by atoms with Gasteiger partial charge >= 0.3 is 0 Å². The summed E-state index contributed by atoms with van der Waals surface area (Å²) in [6.07, 6.45) is 12.7. The Labute approximate surface area is 126 Å². The molecule has 0 aromatic carbocycles. The van der Waals surface area contributed by atoms with Crippen LogP contribution in [0.5, 0.6) is 0 Å². The monoisotopic (exact) mass is 274 g/mol. The van der Waals surface area contributed by atoms with Gasteiger partial charge in [-0.05, 0) is 73.0 Å². The maximum Gasteiger partial charge on any atom is -0.00851 e. The SMILES string of the molecule is CCC1C2CC=C3C[C@@H](C)CCC3(C)C2CCC1(C)C. The van der Waals surface area contributed by atoms with Crippen LogP contribution in [0.4, 0.5) is 0 Å². The Hall–Kier alpha value is -0.260. The largest absolute Gasteiger partial charge is 0.0845 e. The minimum atomic E-state index is 0.555. The van der Waals surface area contributed by atoms with Gasteiger partial charge in [0.05, 0.1) is 0 Å². The fourth-order valence-electron chi connectivity index (χ4n) is 6.20. The van der Waals surface area contributed by atoms with E-state index in [4.69, 9.17) is 0 Å². The number of rotatable bonds is 1. The molecule has 0 heteroatoms. The maximum absolute atomic E-state index is 2.68. The summed E-state index contributed by atoms with van der Waals surface area (Å²) in [7, 11) is 0. The predicted octanol–water partition coefficient (Wildman–Crippen LogP) is 6.22. The minimum absolute atomic E-state index is 0.555. The number of allylic oxidation sites excluding steroid dienone is 2. The van der Waals surface area contributed by atoms with Gasteiger partial charge in [-0.1, -0.05) is 52.7 Å². The third kappa shape index (κ3) is 2.09. The molecule has 0 aromatic heterocycles. The molecule has 2 fully saturated rings. The Bertz CT molecular complexity index is 402. The van der Waals surface area contributed by atoms with Gasteiger partial charge in [-0.2, -0.15) is 0 Å². The van der Waals surface area contributed by atoms with Crippen molar-refractivity contribution in [1.29, 1.82) is 0 Å². The van der Waals surface area contributed by atoms with Crippen LogP contribution >= 0.6 is 0 Å². The summed E-state index contributed by atoms with van der Waals surface area (Å²) in [5.74, 6) is 3.81. The van der Waals surface area contributed by atoms with E-state index in [1.54, 1.807) is 0 Å². The highest BCUT2D eigenvalue weighted by Gasteiger charge is 2.52. The Morgan fingerprint density at radius 2 is 1.90 bits per heavy atom. The lowest BCUT2D eigenvalue weighted by atomic mass is 9.47. The summed E-state index contributed by atoms with van der Waals surface area (Å²) in [6, 6.07) is 0. The first-order valence-electron chi connectivity index (χ1n) is 9.08. The van der Waals surface area contributed by atoms with Crippen molar-refractivity contribution >= 4 is 0 Å². The minimum Gasteiger partial charge on any atom is -0.0845 e. The lowest BCUT2D eigenvalue weighted by molar-refractivity contribution is -0.0376. The predicted molar refractivity (Wildman–Crippen MR) is 87.6 cm³/mol. The molecular formula is C20H34. The first-order valence-corrected chi connectivity index (χ1v) is 9.08. The Morgan fingerprint density at radius 3 is 2.60 bits per heavy atom. The summed E-state index contributed by atoms with van der Waals surface area (Å²) in [4.78, 5) is 0. The van der Waals surface area contributed by atoms with E-state index in [0.29, 0.717) is 10.8 Å². The van der Waals surface area contributed by atoms with Crippen LogP contribution in [0.3, 0.4) is 0 Å². The second kappa shape index (κ2) is 4.89. The fourth-order valence-corrected chi connectivity index (χ4v) is 6.20.